The quantitative estimate of drug-likeness (QED) is 0.606. The molecule has 5 nitrogen and oxygen atoms in total. The maximum Gasteiger partial charge on any atom is 0.342 e. The molecule has 0 aliphatic carbocycles. The standard InChI is InChI=1S/C13H16O5/c1-5-17-13(15)12-8(2)6-10(16-4)7-11(12)18-9(3)14/h6-7H,5H2,1-4H3. The third kappa shape index (κ3) is 3.23. The van der Waals surface area contributed by atoms with E-state index in [4.69, 9.17) is 14.2 Å². The molecule has 0 atom stereocenters. The van der Waals surface area contributed by atoms with Crippen LogP contribution in [-0.4, -0.2) is 25.7 Å². The van der Waals surface area contributed by atoms with Crippen molar-refractivity contribution in [2.24, 2.45) is 0 Å². The first-order chi connectivity index (χ1) is 8.49. The fraction of sp³-hybridized carbons (Fsp3) is 0.385. The van der Waals surface area contributed by atoms with Crippen LogP contribution in [0.5, 0.6) is 11.5 Å². The first-order valence-corrected chi connectivity index (χ1v) is 5.53. The van der Waals surface area contributed by atoms with Crippen LogP contribution in [0, 0.1) is 6.92 Å². The summed E-state index contributed by atoms with van der Waals surface area (Å²) in [5, 5.41) is 0. The average molecular weight is 252 g/mol. The van der Waals surface area contributed by atoms with Gasteiger partial charge in [-0.15, -0.1) is 0 Å². The van der Waals surface area contributed by atoms with E-state index in [1.807, 2.05) is 0 Å². The largest absolute Gasteiger partial charge is 0.497 e. The Hall–Kier alpha value is -2.04. The maximum atomic E-state index is 11.8. The summed E-state index contributed by atoms with van der Waals surface area (Å²) in [4.78, 5) is 22.9. The minimum absolute atomic E-state index is 0.151. The van der Waals surface area contributed by atoms with Crippen LogP contribution in [0.4, 0.5) is 0 Å². The fourth-order valence-corrected chi connectivity index (χ4v) is 1.54. The molecule has 5 heteroatoms. The Labute approximate surface area is 106 Å². The van der Waals surface area contributed by atoms with Crippen LogP contribution >= 0.6 is 0 Å². The predicted molar refractivity (Wildman–Crippen MR) is 65.0 cm³/mol. The summed E-state index contributed by atoms with van der Waals surface area (Å²) < 4.78 is 15.0. The summed E-state index contributed by atoms with van der Waals surface area (Å²) in [6.07, 6.45) is 0. The van der Waals surface area contributed by atoms with Gasteiger partial charge in [-0.3, -0.25) is 4.79 Å². The number of carbonyl (C=O) groups excluding carboxylic acids is 2. The van der Waals surface area contributed by atoms with Crippen molar-refractivity contribution in [2.75, 3.05) is 13.7 Å². The molecule has 0 aliphatic rings. The first kappa shape index (κ1) is 14.0. The van der Waals surface area contributed by atoms with Crippen molar-refractivity contribution in [3.8, 4) is 11.5 Å². The summed E-state index contributed by atoms with van der Waals surface area (Å²) in [6.45, 7) is 4.96. The highest BCUT2D eigenvalue weighted by atomic mass is 16.5. The number of carbonyl (C=O) groups is 2. The van der Waals surface area contributed by atoms with E-state index in [0.29, 0.717) is 11.3 Å². The minimum Gasteiger partial charge on any atom is -0.497 e. The van der Waals surface area contributed by atoms with Crippen LogP contribution in [0.25, 0.3) is 0 Å². The van der Waals surface area contributed by atoms with Crippen molar-refractivity contribution < 1.29 is 23.8 Å². The molecule has 0 heterocycles. The summed E-state index contributed by atoms with van der Waals surface area (Å²) >= 11 is 0. The fourth-order valence-electron chi connectivity index (χ4n) is 1.54. The third-order valence-electron chi connectivity index (χ3n) is 2.24. The topological polar surface area (TPSA) is 61.8 Å². The van der Waals surface area contributed by atoms with E-state index in [0.717, 1.165) is 0 Å². The van der Waals surface area contributed by atoms with Gasteiger partial charge in [0.05, 0.1) is 13.7 Å². The van der Waals surface area contributed by atoms with Crippen molar-refractivity contribution in [1.82, 2.24) is 0 Å². The zero-order valence-corrected chi connectivity index (χ0v) is 10.9. The Morgan fingerprint density at radius 3 is 2.44 bits per heavy atom. The zero-order chi connectivity index (χ0) is 13.7. The molecule has 1 rings (SSSR count). The molecule has 0 N–H and O–H groups in total. The number of hydrogen-bond acceptors (Lipinski definition) is 5. The molecule has 0 saturated carbocycles. The summed E-state index contributed by atoms with van der Waals surface area (Å²) in [7, 11) is 1.50. The molecule has 0 aliphatic heterocycles. The first-order valence-electron chi connectivity index (χ1n) is 5.53. The van der Waals surface area contributed by atoms with Gasteiger partial charge in [-0.25, -0.2) is 4.79 Å². The highest BCUT2D eigenvalue weighted by Gasteiger charge is 2.19. The normalized spacial score (nSPS) is 9.78. The molecule has 18 heavy (non-hydrogen) atoms. The molecule has 0 aromatic heterocycles. The van der Waals surface area contributed by atoms with Crippen molar-refractivity contribution >= 4 is 11.9 Å². The molecule has 0 unspecified atom stereocenters. The summed E-state index contributed by atoms with van der Waals surface area (Å²) in [5.74, 6) is -0.364. The van der Waals surface area contributed by atoms with Crippen LogP contribution in [0.2, 0.25) is 0 Å². The van der Waals surface area contributed by atoms with Gasteiger partial charge in [-0.2, -0.15) is 0 Å². The smallest absolute Gasteiger partial charge is 0.342 e. The van der Waals surface area contributed by atoms with E-state index in [1.54, 1.807) is 19.9 Å². The highest BCUT2D eigenvalue weighted by molar-refractivity contribution is 5.95. The van der Waals surface area contributed by atoms with Gasteiger partial charge in [0, 0.05) is 13.0 Å². The molecule has 0 saturated heterocycles. The van der Waals surface area contributed by atoms with Crippen molar-refractivity contribution in [3.63, 3.8) is 0 Å². The van der Waals surface area contributed by atoms with E-state index in [2.05, 4.69) is 0 Å². The van der Waals surface area contributed by atoms with E-state index in [-0.39, 0.29) is 17.9 Å². The maximum absolute atomic E-state index is 11.8. The van der Waals surface area contributed by atoms with Gasteiger partial charge in [0.25, 0.3) is 0 Å². The van der Waals surface area contributed by atoms with E-state index in [9.17, 15) is 9.59 Å². The third-order valence-corrected chi connectivity index (χ3v) is 2.24. The molecule has 0 amide bonds. The van der Waals surface area contributed by atoms with E-state index in [1.165, 1.54) is 20.1 Å². The SMILES string of the molecule is CCOC(=O)c1c(C)cc(OC)cc1OC(C)=O. The van der Waals surface area contributed by atoms with Crippen LogP contribution in [-0.2, 0) is 9.53 Å². The number of hydrogen-bond donors (Lipinski definition) is 0. The zero-order valence-electron chi connectivity index (χ0n) is 10.9. The van der Waals surface area contributed by atoms with Crippen LogP contribution < -0.4 is 9.47 Å². The van der Waals surface area contributed by atoms with Gasteiger partial charge in [0.2, 0.25) is 0 Å². The molecular formula is C13H16O5. The number of aryl methyl sites for hydroxylation is 1. The number of benzene rings is 1. The molecule has 98 valence electrons. The van der Waals surface area contributed by atoms with E-state index >= 15 is 0 Å². The lowest BCUT2D eigenvalue weighted by atomic mass is 10.1. The molecule has 0 bridgehead atoms. The van der Waals surface area contributed by atoms with Crippen LogP contribution in [0.3, 0.4) is 0 Å². The highest BCUT2D eigenvalue weighted by Crippen LogP contribution is 2.29. The lowest BCUT2D eigenvalue weighted by Gasteiger charge is -2.12. The molecular weight excluding hydrogens is 236 g/mol. The second kappa shape index (κ2) is 6.05. The average Bonchev–Trinajstić information content (AvgIpc) is 2.27. The number of esters is 2. The van der Waals surface area contributed by atoms with Crippen molar-refractivity contribution in [1.29, 1.82) is 0 Å². The Bertz CT molecular complexity index is 465. The van der Waals surface area contributed by atoms with Crippen molar-refractivity contribution in [3.05, 3.63) is 23.3 Å². The number of ether oxygens (including phenoxy) is 3. The Kier molecular flexibility index (Phi) is 4.71. The van der Waals surface area contributed by atoms with Gasteiger partial charge in [-0.1, -0.05) is 0 Å². The lowest BCUT2D eigenvalue weighted by Crippen LogP contribution is -2.12. The second-order valence-corrected chi connectivity index (χ2v) is 3.63. The van der Waals surface area contributed by atoms with Crippen LogP contribution in [0.15, 0.2) is 12.1 Å². The number of rotatable bonds is 4. The van der Waals surface area contributed by atoms with Gasteiger partial charge < -0.3 is 14.2 Å². The minimum atomic E-state index is -0.520. The Balaban J connectivity index is 3.28. The van der Waals surface area contributed by atoms with Gasteiger partial charge >= 0.3 is 11.9 Å². The Morgan fingerprint density at radius 2 is 1.94 bits per heavy atom. The second-order valence-electron chi connectivity index (χ2n) is 3.63. The van der Waals surface area contributed by atoms with Gasteiger partial charge in [0.1, 0.15) is 17.1 Å². The van der Waals surface area contributed by atoms with Crippen molar-refractivity contribution in [2.45, 2.75) is 20.8 Å². The van der Waals surface area contributed by atoms with E-state index < -0.39 is 11.9 Å². The molecule has 0 fully saturated rings. The Morgan fingerprint density at radius 1 is 1.28 bits per heavy atom. The summed E-state index contributed by atoms with van der Waals surface area (Å²) in [5.41, 5.74) is 0.872. The molecule has 1 aromatic rings. The van der Waals surface area contributed by atoms with Crippen LogP contribution in [0.1, 0.15) is 29.8 Å². The number of methoxy groups -OCH3 is 1. The molecule has 1 aromatic carbocycles. The summed E-state index contributed by atoms with van der Waals surface area (Å²) in [6, 6.07) is 3.17. The molecule has 0 spiro atoms. The monoisotopic (exact) mass is 252 g/mol. The van der Waals surface area contributed by atoms with Gasteiger partial charge in [-0.05, 0) is 25.5 Å². The molecule has 0 radical (unpaired) electrons. The predicted octanol–water partition coefficient (Wildman–Crippen LogP) is 2.11. The lowest BCUT2D eigenvalue weighted by molar-refractivity contribution is -0.131. The van der Waals surface area contributed by atoms with Gasteiger partial charge in [0.15, 0.2) is 0 Å².